The zero-order valence-corrected chi connectivity index (χ0v) is 12.9. The number of halogens is 2. The van der Waals surface area contributed by atoms with Gasteiger partial charge in [0.15, 0.2) is 0 Å². The van der Waals surface area contributed by atoms with E-state index in [1.807, 2.05) is 0 Å². The Hall–Kier alpha value is -1.18. The highest BCUT2D eigenvalue weighted by molar-refractivity contribution is 7.89. The van der Waals surface area contributed by atoms with Crippen LogP contribution in [0, 0.1) is 11.2 Å². The summed E-state index contributed by atoms with van der Waals surface area (Å²) in [4.78, 5) is 11.0. The van der Waals surface area contributed by atoms with Crippen molar-refractivity contribution in [1.82, 2.24) is 4.31 Å². The van der Waals surface area contributed by atoms with Crippen molar-refractivity contribution in [2.24, 2.45) is 5.41 Å². The average Bonchev–Trinajstić information content (AvgIpc) is 2.41. The van der Waals surface area contributed by atoms with E-state index >= 15 is 0 Å². The van der Waals surface area contributed by atoms with Gasteiger partial charge in [-0.25, -0.2) is 12.8 Å². The smallest absolute Gasteiger partial charge is 0.310 e. The Morgan fingerprint density at radius 3 is 2.76 bits per heavy atom. The van der Waals surface area contributed by atoms with E-state index < -0.39 is 27.2 Å². The van der Waals surface area contributed by atoms with E-state index in [4.69, 9.17) is 11.6 Å². The molecule has 0 aromatic heterocycles. The van der Waals surface area contributed by atoms with Gasteiger partial charge < -0.3 is 5.11 Å². The first kappa shape index (κ1) is 16.2. The molecule has 0 saturated carbocycles. The van der Waals surface area contributed by atoms with Gasteiger partial charge in [-0.2, -0.15) is 4.31 Å². The van der Waals surface area contributed by atoms with E-state index in [1.165, 1.54) is 13.0 Å². The summed E-state index contributed by atoms with van der Waals surface area (Å²) in [5.41, 5.74) is -1.15. The molecule has 0 radical (unpaired) electrons. The monoisotopic (exact) mass is 335 g/mol. The molecule has 1 aromatic carbocycles. The van der Waals surface area contributed by atoms with Crippen LogP contribution in [0.2, 0.25) is 5.02 Å². The minimum Gasteiger partial charge on any atom is -0.481 e. The van der Waals surface area contributed by atoms with Gasteiger partial charge >= 0.3 is 5.97 Å². The lowest BCUT2D eigenvalue weighted by molar-refractivity contribution is -0.150. The molecule has 116 valence electrons. The zero-order chi connectivity index (χ0) is 15.8. The summed E-state index contributed by atoms with van der Waals surface area (Å²) in [6.07, 6.45) is 0.820. The van der Waals surface area contributed by atoms with Crippen LogP contribution in [0.25, 0.3) is 0 Å². The van der Waals surface area contributed by atoms with E-state index in [0.717, 1.165) is 16.4 Å². The Bertz CT molecular complexity index is 679. The first-order valence-electron chi connectivity index (χ1n) is 6.35. The summed E-state index contributed by atoms with van der Waals surface area (Å²) in [6.45, 7) is 1.54. The molecular formula is C13H15ClFNO4S. The van der Waals surface area contributed by atoms with E-state index in [2.05, 4.69) is 0 Å². The molecule has 1 aromatic rings. The molecule has 21 heavy (non-hydrogen) atoms. The summed E-state index contributed by atoms with van der Waals surface area (Å²) in [5, 5.41) is 9.16. The van der Waals surface area contributed by atoms with Crippen molar-refractivity contribution >= 4 is 27.6 Å². The maximum absolute atomic E-state index is 13.3. The quantitative estimate of drug-likeness (QED) is 0.920. The Kier molecular flexibility index (Phi) is 4.28. The van der Waals surface area contributed by atoms with Gasteiger partial charge in [-0.3, -0.25) is 4.79 Å². The number of benzene rings is 1. The van der Waals surface area contributed by atoms with Crippen molar-refractivity contribution in [1.29, 1.82) is 0 Å². The molecule has 2 rings (SSSR count). The van der Waals surface area contributed by atoms with Crippen molar-refractivity contribution in [2.45, 2.75) is 24.7 Å². The van der Waals surface area contributed by atoms with Crippen LogP contribution >= 0.6 is 11.6 Å². The van der Waals surface area contributed by atoms with Gasteiger partial charge in [-0.15, -0.1) is 0 Å². The summed E-state index contributed by atoms with van der Waals surface area (Å²) in [6, 6.07) is 3.09. The molecule has 8 heteroatoms. The zero-order valence-electron chi connectivity index (χ0n) is 11.3. The average molecular weight is 336 g/mol. The van der Waals surface area contributed by atoms with Gasteiger partial charge in [0.2, 0.25) is 10.0 Å². The first-order chi connectivity index (χ1) is 9.67. The van der Waals surface area contributed by atoms with E-state index in [-0.39, 0.29) is 23.0 Å². The summed E-state index contributed by atoms with van der Waals surface area (Å²) in [5.74, 6) is -1.76. The topological polar surface area (TPSA) is 74.7 Å². The molecule has 0 spiro atoms. The van der Waals surface area contributed by atoms with Crippen LogP contribution in [0.3, 0.4) is 0 Å². The third-order valence-electron chi connectivity index (χ3n) is 3.69. The fourth-order valence-electron chi connectivity index (χ4n) is 2.39. The number of nitrogens with zero attached hydrogens (tertiary/aromatic N) is 1. The summed E-state index contributed by atoms with van der Waals surface area (Å²) < 4.78 is 39.5. The van der Waals surface area contributed by atoms with Crippen LogP contribution in [0.1, 0.15) is 19.8 Å². The lowest BCUT2D eigenvalue weighted by Crippen LogP contribution is -2.48. The van der Waals surface area contributed by atoms with Gasteiger partial charge in [0, 0.05) is 13.1 Å². The Morgan fingerprint density at radius 1 is 1.48 bits per heavy atom. The molecule has 5 nitrogen and oxygen atoms in total. The maximum Gasteiger partial charge on any atom is 0.310 e. The number of sulfonamides is 1. The van der Waals surface area contributed by atoms with Crippen LogP contribution in [-0.2, 0) is 14.8 Å². The van der Waals surface area contributed by atoms with Crippen molar-refractivity contribution in [2.75, 3.05) is 13.1 Å². The predicted molar refractivity (Wildman–Crippen MR) is 75.1 cm³/mol. The third kappa shape index (κ3) is 3.04. The molecule has 0 bridgehead atoms. The minimum atomic E-state index is -4.02. The Labute approximate surface area is 127 Å². The second kappa shape index (κ2) is 5.55. The second-order valence-electron chi connectivity index (χ2n) is 5.38. The van der Waals surface area contributed by atoms with Gasteiger partial charge in [-0.1, -0.05) is 11.6 Å². The summed E-state index contributed by atoms with van der Waals surface area (Å²) in [7, 11) is -4.02. The highest BCUT2D eigenvalue weighted by atomic mass is 35.5. The predicted octanol–water partition coefficient (Wildman–Crippen LogP) is 2.35. The van der Waals surface area contributed by atoms with Crippen LogP contribution in [-0.4, -0.2) is 36.9 Å². The molecule has 1 aliphatic heterocycles. The standard InChI is InChI=1S/C13H15ClFNO4S/c1-13(12(17)18)5-2-6-16(8-13)21(19,20)11-7-9(15)3-4-10(11)14/h3-4,7H,2,5-6,8H2,1H3,(H,17,18). The van der Waals surface area contributed by atoms with Crippen LogP contribution in [0.5, 0.6) is 0 Å². The largest absolute Gasteiger partial charge is 0.481 e. The molecule has 1 saturated heterocycles. The molecule has 1 heterocycles. The third-order valence-corrected chi connectivity index (χ3v) is 6.02. The van der Waals surface area contributed by atoms with Gasteiger partial charge in [0.05, 0.1) is 10.4 Å². The van der Waals surface area contributed by atoms with Crippen LogP contribution in [0.4, 0.5) is 4.39 Å². The highest BCUT2D eigenvalue weighted by Crippen LogP contribution is 2.34. The molecule has 1 N–H and O–H groups in total. The number of rotatable bonds is 3. The lowest BCUT2D eigenvalue weighted by atomic mass is 9.83. The van der Waals surface area contributed by atoms with E-state index in [1.54, 1.807) is 0 Å². The van der Waals surface area contributed by atoms with Crippen molar-refractivity contribution in [3.63, 3.8) is 0 Å². The number of hydrogen-bond acceptors (Lipinski definition) is 3. The fraction of sp³-hybridized carbons (Fsp3) is 0.462. The second-order valence-corrected chi connectivity index (χ2v) is 7.70. The number of hydrogen-bond donors (Lipinski definition) is 1. The summed E-state index contributed by atoms with van der Waals surface area (Å²) >= 11 is 5.84. The maximum atomic E-state index is 13.3. The minimum absolute atomic E-state index is 0.0843. The molecular weight excluding hydrogens is 321 g/mol. The van der Waals surface area contributed by atoms with Gasteiger partial charge in [0.1, 0.15) is 10.7 Å². The normalized spacial score (nSPS) is 24.0. The highest BCUT2D eigenvalue weighted by Gasteiger charge is 2.42. The molecule has 1 aliphatic rings. The molecule has 1 unspecified atom stereocenters. The number of carbonyl (C=O) groups is 1. The van der Waals surface area contributed by atoms with Crippen molar-refractivity contribution < 1.29 is 22.7 Å². The molecule has 0 aliphatic carbocycles. The first-order valence-corrected chi connectivity index (χ1v) is 8.17. The number of carboxylic acid groups (broad SMARTS) is 1. The Morgan fingerprint density at radius 2 is 2.14 bits per heavy atom. The van der Waals surface area contributed by atoms with E-state index in [9.17, 15) is 22.7 Å². The number of aliphatic carboxylic acids is 1. The number of carboxylic acids is 1. The fourth-order valence-corrected chi connectivity index (χ4v) is 4.48. The van der Waals surface area contributed by atoms with Crippen molar-refractivity contribution in [3.05, 3.63) is 29.0 Å². The Balaban J connectivity index is 2.40. The molecule has 0 amide bonds. The lowest BCUT2D eigenvalue weighted by Gasteiger charge is -2.36. The molecule has 1 atom stereocenters. The van der Waals surface area contributed by atoms with Crippen LogP contribution in [0.15, 0.2) is 23.1 Å². The molecule has 1 fully saturated rings. The van der Waals surface area contributed by atoms with Crippen molar-refractivity contribution in [3.8, 4) is 0 Å². The van der Waals surface area contributed by atoms with Crippen LogP contribution < -0.4 is 0 Å². The SMILES string of the molecule is CC1(C(=O)O)CCCN(S(=O)(=O)c2cc(F)ccc2Cl)C1. The van der Waals surface area contributed by atoms with Gasteiger partial charge in [-0.05, 0) is 38.0 Å². The van der Waals surface area contributed by atoms with E-state index in [0.29, 0.717) is 12.8 Å². The number of piperidine rings is 1. The van der Waals surface area contributed by atoms with Gasteiger partial charge in [0.25, 0.3) is 0 Å².